The molecule has 0 fully saturated rings. The Morgan fingerprint density at radius 3 is 2.81 bits per heavy atom. The molecule has 0 unspecified atom stereocenters. The number of aryl methyl sites for hydroxylation is 1. The van der Waals surface area contributed by atoms with Gasteiger partial charge in [-0.25, -0.2) is 0 Å². The van der Waals surface area contributed by atoms with Crippen LogP contribution in [0.15, 0.2) is 42.5 Å². The largest absolute Gasteiger partial charge is 0.393 e. The minimum atomic E-state index is -0.428. The first-order chi connectivity index (χ1) is 10.2. The van der Waals surface area contributed by atoms with Gasteiger partial charge in [-0.2, -0.15) is 0 Å². The summed E-state index contributed by atoms with van der Waals surface area (Å²) < 4.78 is 0. The predicted octanol–water partition coefficient (Wildman–Crippen LogP) is 3.13. The van der Waals surface area contributed by atoms with E-state index in [4.69, 9.17) is 5.73 Å². The second-order valence-corrected chi connectivity index (χ2v) is 5.26. The van der Waals surface area contributed by atoms with Gasteiger partial charge in [0.2, 0.25) is 0 Å². The van der Waals surface area contributed by atoms with Gasteiger partial charge in [-0.15, -0.1) is 0 Å². The number of nitro groups is 1. The van der Waals surface area contributed by atoms with Crippen LogP contribution in [0.4, 0.5) is 17.1 Å². The number of nitrogens with two attached hydrogens (primary N) is 1. The predicted molar refractivity (Wildman–Crippen MR) is 83.3 cm³/mol. The quantitative estimate of drug-likeness (QED) is 0.533. The number of nitrogen functional groups attached to an aromatic ring is 1. The highest BCUT2D eigenvalue weighted by Crippen LogP contribution is 2.31. The van der Waals surface area contributed by atoms with Crippen molar-refractivity contribution in [3.05, 3.63) is 63.7 Å². The van der Waals surface area contributed by atoms with Crippen molar-refractivity contribution in [2.24, 2.45) is 0 Å². The highest BCUT2D eigenvalue weighted by atomic mass is 16.6. The molecule has 108 valence electrons. The Kier molecular flexibility index (Phi) is 3.48. The van der Waals surface area contributed by atoms with Gasteiger partial charge in [-0.3, -0.25) is 10.1 Å². The maximum absolute atomic E-state index is 11.0. The minimum Gasteiger partial charge on any atom is -0.393 e. The van der Waals surface area contributed by atoms with Gasteiger partial charge in [0.25, 0.3) is 5.69 Å². The third-order valence-corrected chi connectivity index (χ3v) is 3.94. The highest BCUT2D eigenvalue weighted by Gasteiger charge is 2.20. The summed E-state index contributed by atoms with van der Waals surface area (Å²) >= 11 is 0. The van der Waals surface area contributed by atoms with Gasteiger partial charge in [0.05, 0.1) is 4.92 Å². The third kappa shape index (κ3) is 2.54. The number of hydrogen-bond acceptors (Lipinski definition) is 4. The molecule has 1 aliphatic heterocycles. The fourth-order valence-corrected chi connectivity index (χ4v) is 2.88. The number of para-hydroxylation sites is 2. The molecule has 5 nitrogen and oxygen atoms in total. The van der Waals surface area contributed by atoms with E-state index >= 15 is 0 Å². The molecule has 5 heteroatoms. The molecule has 2 aromatic rings. The SMILES string of the molecule is Nc1c(CN2CCCc3ccccc32)cccc1[N+](=O)[O-]. The molecule has 0 spiro atoms. The first-order valence-corrected chi connectivity index (χ1v) is 7.01. The molecule has 1 heterocycles. The zero-order valence-corrected chi connectivity index (χ0v) is 11.7. The fourth-order valence-electron chi connectivity index (χ4n) is 2.88. The van der Waals surface area contributed by atoms with Gasteiger partial charge >= 0.3 is 0 Å². The lowest BCUT2D eigenvalue weighted by Gasteiger charge is -2.31. The molecule has 0 bridgehead atoms. The van der Waals surface area contributed by atoms with Crippen LogP contribution >= 0.6 is 0 Å². The van der Waals surface area contributed by atoms with E-state index in [2.05, 4.69) is 17.0 Å². The molecule has 0 atom stereocenters. The van der Waals surface area contributed by atoms with Crippen LogP contribution in [-0.2, 0) is 13.0 Å². The normalized spacial score (nSPS) is 13.8. The van der Waals surface area contributed by atoms with Crippen LogP contribution < -0.4 is 10.6 Å². The van der Waals surface area contributed by atoms with Gasteiger partial charge in [-0.1, -0.05) is 30.3 Å². The summed E-state index contributed by atoms with van der Waals surface area (Å²) in [6.07, 6.45) is 2.17. The van der Waals surface area contributed by atoms with Crippen molar-refractivity contribution < 1.29 is 4.92 Å². The third-order valence-electron chi connectivity index (χ3n) is 3.94. The Morgan fingerprint density at radius 1 is 1.19 bits per heavy atom. The number of rotatable bonds is 3. The Bertz CT molecular complexity index is 685. The van der Waals surface area contributed by atoms with Crippen LogP contribution in [-0.4, -0.2) is 11.5 Å². The van der Waals surface area contributed by atoms with Crippen LogP contribution in [0.2, 0.25) is 0 Å². The molecular formula is C16H17N3O2. The van der Waals surface area contributed by atoms with E-state index in [1.54, 1.807) is 6.07 Å². The van der Waals surface area contributed by atoms with Crippen molar-refractivity contribution in [2.75, 3.05) is 17.2 Å². The van der Waals surface area contributed by atoms with Crippen LogP contribution in [0.5, 0.6) is 0 Å². The number of benzene rings is 2. The van der Waals surface area contributed by atoms with Crippen LogP contribution in [0.1, 0.15) is 17.5 Å². The van der Waals surface area contributed by atoms with Gasteiger partial charge in [0.15, 0.2) is 0 Å². The van der Waals surface area contributed by atoms with Crippen molar-refractivity contribution in [3.63, 3.8) is 0 Å². The standard InChI is InChI=1S/C16H17N3O2/c17-16-13(6-3-9-15(16)19(20)21)11-18-10-4-7-12-5-1-2-8-14(12)18/h1-3,5-6,8-9H,4,7,10-11,17H2. The van der Waals surface area contributed by atoms with E-state index in [-0.39, 0.29) is 11.4 Å². The van der Waals surface area contributed by atoms with E-state index in [0.717, 1.165) is 24.9 Å². The summed E-state index contributed by atoms with van der Waals surface area (Å²) in [5.74, 6) is 0. The molecule has 0 aliphatic carbocycles. The summed E-state index contributed by atoms with van der Waals surface area (Å²) in [5.41, 5.74) is 9.54. The van der Waals surface area contributed by atoms with Crippen molar-refractivity contribution in [2.45, 2.75) is 19.4 Å². The summed E-state index contributed by atoms with van der Waals surface area (Å²) in [4.78, 5) is 12.8. The van der Waals surface area contributed by atoms with E-state index in [1.165, 1.54) is 17.3 Å². The average molecular weight is 283 g/mol. The number of anilines is 2. The molecule has 0 amide bonds. The molecule has 0 aromatic heterocycles. The van der Waals surface area contributed by atoms with Crippen LogP contribution in [0.3, 0.4) is 0 Å². The second kappa shape index (κ2) is 5.44. The van der Waals surface area contributed by atoms with Crippen LogP contribution in [0, 0.1) is 10.1 Å². The van der Waals surface area contributed by atoms with Gasteiger partial charge in [0.1, 0.15) is 5.69 Å². The zero-order chi connectivity index (χ0) is 14.8. The Hall–Kier alpha value is -2.56. The van der Waals surface area contributed by atoms with E-state index in [1.807, 2.05) is 18.2 Å². The fraction of sp³-hybridized carbons (Fsp3) is 0.250. The molecule has 0 saturated heterocycles. The lowest BCUT2D eigenvalue weighted by Crippen LogP contribution is -2.29. The molecule has 0 saturated carbocycles. The molecular weight excluding hydrogens is 266 g/mol. The number of hydrogen-bond donors (Lipinski definition) is 1. The summed E-state index contributed by atoms with van der Waals surface area (Å²) in [6, 6.07) is 13.3. The Morgan fingerprint density at radius 2 is 2.00 bits per heavy atom. The smallest absolute Gasteiger partial charge is 0.292 e. The lowest BCUT2D eigenvalue weighted by molar-refractivity contribution is -0.383. The summed E-state index contributed by atoms with van der Waals surface area (Å²) in [7, 11) is 0. The van der Waals surface area contributed by atoms with Crippen molar-refractivity contribution in [1.82, 2.24) is 0 Å². The van der Waals surface area contributed by atoms with Crippen molar-refractivity contribution >= 4 is 17.1 Å². The minimum absolute atomic E-state index is 0.0159. The van der Waals surface area contributed by atoms with E-state index in [9.17, 15) is 10.1 Å². The molecule has 21 heavy (non-hydrogen) atoms. The van der Waals surface area contributed by atoms with Crippen LogP contribution in [0.25, 0.3) is 0 Å². The molecule has 3 rings (SSSR count). The molecule has 2 aromatic carbocycles. The Balaban J connectivity index is 1.92. The summed E-state index contributed by atoms with van der Waals surface area (Å²) in [5, 5.41) is 11.0. The van der Waals surface area contributed by atoms with E-state index in [0.29, 0.717) is 6.54 Å². The number of nitrogens with zero attached hydrogens (tertiary/aromatic N) is 2. The van der Waals surface area contributed by atoms with Gasteiger partial charge < -0.3 is 10.6 Å². The monoisotopic (exact) mass is 283 g/mol. The first kappa shape index (κ1) is 13.4. The van der Waals surface area contributed by atoms with Crippen molar-refractivity contribution in [1.29, 1.82) is 0 Å². The number of fused-ring (bicyclic) bond motifs is 1. The van der Waals surface area contributed by atoms with Crippen molar-refractivity contribution in [3.8, 4) is 0 Å². The number of nitro benzene ring substituents is 1. The lowest BCUT2D eigenvalue weighted by atomic mass is 10.0. The maximum atomic E-state index is 11.0. The van der Waals surface area contributed by atoms with E-state index < -0.39 is 4.92 Å². The zero-order valence-electron chi connectivity index (χ0n) is 11.7. The molecule has 2 N–H and O–H groups in total. The maximum Gasteiger partial charge on any atom is 0.292 e. The van der Waals surface area contributed by atoms with Gasteiger partial charge in [0, 0.05) is 30.4 Å². The highest BCUT2D eigenvalue weighted by molar-refractivity contribution is 5.65. The molecule has 1 aliphatic rings. The first-order valence-electron chi connectivity index (χ1n) is 7.01. The van der Waals surface area contributed by atoms with Gasteiger partial charge in [-0.05, 0) is 24.5 Å². The summed E-state index contributed by atoms with van der Waals surface area (Å²) in [6.45, 7) is 1.55. The molecule has 0 radical (unpaired) electrons. The Labute approximate surface area is 123 Å². The second-order valence-electron chi connectivity index (χ2n) is 5.26. The topological polar surface area (TPSA) is 72.4 Å². The average Bonchev–Trinajstić information content (AvgIpc) is 2.49.